The fraction of sp³-hybridized carbons (Fsp3) is 0.526. The first-order valence-electron chi connectivity index (χ1n) is 8.68. The third kappa shape index (κ3) is 3.48. The van der Waals surface area contributed by atoms with Crippen LogP contribution in [0.3, 0.4) is 0 Å². The Labute approximate surface area is 138 Å². The topological polar surface area (TPSA) is 32.5 Å². The molecule has 2 fully saturated rings. The molecule has 4 rings (SSSR count). The Bertz CT molecular complexity index is 613. The van der Waals surface area contributed by atoms with Crippen LogP contribution < -0.4 is 0 Å². The maximum Gasteiger partial charge on any atom is 0.117 e. The van der Waals surface area contributed by atoms with Crippen LogP contribution in [0.1, 0.15) is 30.7 Å². The Morgan fingerprint density at radius 1 is 1.00 bits per heavy atom. The molecular weight excluding hydrogens is 286 g/mol. The fourth-order valence-electron chi connectivity index (χ4n) is 4.28. The average molecular weight is 311 g/mol. The lowest BCUT2D eigenvalue weighted by Gasteiger charge is -2.40. The Balaban J connectivity index is 1.37. The molecule has 2 aromatic heterocycles. The lowest BCUT2D eigenvalue weighted by Crippen LogP contribution is -2.44. The molecule has 0 N–H and O–H groups in total. The van der Waals surface area contributed by atoms with E-state index >= 15 is 0 Å². The second kappa shape index (κ2) is 6.46. The number of pyridine rings is 1. The Kier molecular flexibility index (Phi) is 4.19. The molecule has 2 aliphatic rings. The maximum absolute atomic E-state index is 5.51. The second-order valence-corrected chi connectivity index (χ2v) is 7.18. The van der Waals surface area contributed by atoms with Crippen molar-refractivity contribution in [3.05, 3.63) is 54.2 Å². The third-order valence-electron chi connectivity index (χ3n) is 5.33. The van der Waals surface area contributed by atoms with Crippen LogP contribution in [0.25, 0.3) is 0 Å². The number of hydrogen-bond acceptors (Lipinski definition) is 4. The lowest BCUT2D eigenvalue weighted by molar-refractivity contribution is 0.0849. The van der Waals surface area contributed by atoms with Gasteiger partial charge in [0.2, 0.25) is 0 Å². The van der Waals surface area contributed by atoms with Crippen molar-refractivity contribution in [3.63, 3.8) is 0 Å². The van der Waals surface area contributed by atoms with E-state index in [9.17, 15) is 0 Å². The van der Waals surface area contributed by atoms with Gasteiger partial charge >= 0.3 is 0 Å². The van der Waals surface area contributed by atoms with Gasteiger partial charge in [-0.2, -0.15) is 0 Å². The molecule has 122 valence electrons. The van der Waals surface area contributed by atoms with E-state index in [4.69, 9.17) is 4.42 Å². The molecule has 0 aromatic carbocycles. The Hall–Kier alpha value is -1.65. The van der Waals surface area contributed by atoms with E-state index in [1.807, 2.05) is 18.3 Å². The first-order valence-corrected chi connectivity index (χ1v) is 8.68. The molecule has 0 saturated carbocycles. The summed E-state index contributed by atoms with van der Waals surface area (Å²) < 4.78 is 5.51. The molecule has 0 radical (unpaired) electrons. The highest BCUT2D eigenvalue weighted by Gasteiger charge is 2.41. The first-order chi connectivity index (χ1) is 11.3. The van der Waals surface area contributed by atoms with Crippen molar-refractivity contribution in [1.29, 1.82) is 0 Å². The highest BCUT2D eigenvalue weighted by Crippen LogP contribution is 2.39. The molecule has 1 atom stereocenters. The van der Waals surface area contributed by atoms with Crippen LogP contribution in [0, 0.1) is 5.41 Å². The fourth-order valence-corrected chi connectivity index (χ4v) is 4.28. The van der Waals surface area contributed by atoms with Crippen molar-refractivity contribution < 1.29 is 4.42 Å². The summed E-state index contributed by atoms with van der Waals surface area (Å²) in [5.41, 5.74) is 1.66. The van der Waals surface area contributed by atoms with Crippen LogP contribution in [0.4, 0.5) is 0 Å². The highest BCUT2D eigenvalue weighted by molar-refractivity contribution is 5.05. The number of rotatable bonds is 4. The van der Waals surface area contributed by atoms with Crippen molar-refractivity contribution in [1.82, 2.24) is 14.8 Å². The smallest absolute Gasteiger partial charge is 0.117 e. The van der Waals surface area contributed by atoms with Crippen molar-refractivity contribution >= 4 is 0 Å². The Morgan fingerprint density at radius 2 is 1.91 bits per heavy atom. The predicted octanol–water partition coefficient (Wildman–Crippen LogP) is 3.16. The van der Waals surface area contributed by atoms with E-state index in [0.717, 1.165) is 18.8 Å². The molecule has 0 aliphatic carbocycles. The van der Waals surface area contributed by atoms with Gasteiger partial charge in [0.1, 0.15) is 5.76 Å². The van der Waals surface area contributed by atoms with Gasteiger partial charge in [0.05, 0.1) is 18.5 Å². The predicted molar refractivity (Wildman–Crippen MR) is 89.8 cm³/mol. The minimum Gasteiger partial charge on any atom is -0.468 e. The van der Waals surface area contributed by atoms with Gasteiger partial charge in [-0.15, -0.1) is 0 Å². The minimum absolute atomic E-state index is 0.472. The molecule has 4 heteroatoms. The lowest BCUT2D eigenvalue weighted by atomic mass is 9.79. The van der Waals surface area contributed by atoms with Crippen molar-refractivity contribution in [2.24, 2.45) is 5.41 Å². The molecule has 0 amide bonds. The van der Waals surface area contributed by atoms with Gasteiger partial charge in [0, 0.05) is 25.8 Å². The van der Waals surface area contributed by atoms with E-state index in [-0.39, 0.29) is 0 Å². The van der Waals surface area contributed by atoms with Crippen molar-refractivity contribution in [2.45, 2.75) is 32.4 Å². The second-order valence-electron chi connectivity index (χ2n) is 7.18. The van der Waals surface area contributed by atoms with E-state index in [1.165, 1.54) is 51.1 Å². The van der Waals surface area contributed by atoms with Crippen LogP contribution >= 0.6 is 0 Å². The van der Waals surface area contributed by atoms with Crippen molar-refractivity contribution in [2.75, 3.05) is 26.2 Å². The molecule has 2 saturated heterocycles. The number of nitrogens with zero attached hydrogens (tertiary/aromatic N) is 3. The zero-order valence-electron chi connectivity index (χ0n) is 13.7. The molecule has 4 nitrogen and oxygen atoms in total. The highest BCUT2D eigenvalue weighted by atomic mass is 16.3. The van der Waals surface area contributed by atoms with Crippen molar-refractivity contribution in [3.8, 4) is 0 Å². The van der Waals surface area contributed by atoms with Gasteiger partial charge in [-0.3, -0.25) is 14.8 Å². The molecule has 1 spiro atoms. The number of furan rings is 1. The summed E-state index contributed by atoms with van der Waals surface area (Å²) in [6, 6.07) is 10.3. The van der Waals surface area contributed by atoms with Gasteiger partial charge in [0.25, 0.3) is 0 Å². The molecule has 2 aromatic rings. The molecule has 4 heterocycles. The minimum atomic E-state index is 0.472. The molecule has 0 bridgehead atoms. The van der Waals surface area contributed by atoms with E-state index in [2.05, 4.69) is 33.0 Å². The summed E-state index contributed by atoms with van der Waals surface area (Å²) in [7, 11) is 0. The number of likely N-dealkylation sites (tertiary alicyclic amines) is 2. The standard InChI is InChI=1S/C19H25N3O/c1-2-9-20-17(5-1)13-21-10-4-7-19(15-21)8-11-22(16-19)14-18-6-3-12-23-18/h1-3,5-6,9,12H,4,7-8,10-11,13-16H2/t19-/m0/s1. The Morgan fingerprint density at radius 3 is 2.70 bits per heavy atom. The quantitative estimate of drug-likeness (QED) is 0.868. The number of aromatic nitrogens is 1. The molecule has 23 heavy (non-hydrogen) atoms. The van der Waals surface area contributed by atoms with E-state index in [1.54, 1.807) is 6.26 Å². The van der Waals surface area contributed by atoms with Crippen LogP contribution in [-0.4, -0.2) is 41.0 Å². The average Bonchev–Trinajstić information content (AvgIpc) is 3.20. The molecular formula is C19H25N3O. The van der Waals surface area contributed by atoms with Gasteiger partial charge in [-0.1, -0.05) is 6.07 Å². The maximum atomic E-state index is 5.51. The SMILES string of the molecule is c1ccc(CN2CCC[C@]3(CCN(Cc4ccco4)C3)C2)nc1. The summed E-state index contributed by atoms with van der Waals surface area (Å²) >= 11 is 0. The normalized spacial score (nSPS) is 26.1. The largest absolute Gasteiger partial charge is 0.468 e. The molecule has 0 unspecified atom stereocenters. The van der Waals surface area contributed by atoms with E-state index in [0.29, 0.717) is 5.41 Å². The van der Waals surface area contributed by atoms with Gasteiger partial charge in [-0.05, 0) is 62.0 Å². The molecule has 2 aliphatic heterocycles. The summed E-state index contributed by atoms with van der Waals surface area (Å²) in [6.45, 7) is 6.75. The zero-order valence-corrected chi connectivity index (χ0v) is 13.7. The monoisotopic (exact) mass is 311 g/mol. The van der Waals surface area contributed by atoms with Crippen LogP contribution in [-0.2, 0) is 13.1 Å². The first kappa shape index (κ1) is 14.9. The van der Waals surface area contributed by atoms with Gasteiger partial charge in [-0.25, -0.2) is 0 Å². The summed E-state index contributed by atoms with van der Waals surface area (Å²) in [6.07, 6.45) is 7.65. The number of piperidine rings is 1. The summed E-state index contributed by atoms with van der Waals surface area (Å²) in [5.74, 6) is 1.09. The van der Waals surface area contributed by atoms with Gasteiger partial charge in [0.15, 0.2) is 0 Å². The summed E-state index contributed by atoms with van der Waals surface area (Å²) in [5, 5.41) is 0. The van der Waals surface area contributed by atoms with Gasteiger partial charge < -0.3 is 4.42 Å². The van der Waals surface area contributed by atoms with E-state index < -0.39 is 0 Å². The van der Waals surface area contributed by atoms with Crippen LogP contribution in [0.2, 0.25) is 0 Å². The summed E-state index contributed by atoms with van der Waals surface area (Å²) in [4.78, 5) is 9.65. The van der Waals surface area contributed by atoms with Crippen LogP contribution in [0.15, 0.2) is 47.2 Å². The number of hydrogen-bond donors (Lipinski definition) is 0. The zero-order chi connectivity index (χ0) is 15.5. The third-order valence-corrected chi connectivity index (χ3v) is 5.33. The van der Waals surface area contributed by atoms with Crippen LogP contribution in [0.5, 0.6) is 0 Å².